The van der Waals surface area contributed by atoms with E-state index < -0.39 is 5.69 Å². The van der Waals surface area contributed by atoms with Crippen molar-refractivity contribution in [2.24, 2.45) is 7.05 Å². The molecule has 3 heterocycles. The first-order chi connectivity index (χ1) is 9.15. The molecule has 0 aromatic carbocycles. The largest absolute Gasteiger partial charge is 0.333 e. The third kappa shape index (κ3) is 1.64. The van der Waals surface area contributed by atoms with Crippen molar-refractivity contribution in [1.82, 2.24) is 18.7 Å². The van der Waals surface area contributed by atoms with Crippen LogP contribution >= 0.6 is 11.8 Å². The highest BCUT2D eigenvalue weighted by atomic mass is 32.2. The van der Waals surface area contributed by atoms with Crippen LogP contribution in [-0.2, 0) is 20.1 Å². The molecule has 0 atom stereocenters. The van der Waals surface area contributed by atoms with Crippen molar-refractivity contribution >= 4 is 22.9 Å². The van der Waals surface area contributed by atoms with E-state index >= 15 is 0 Å². The summed E-state index contributed by atoms with van der Waals surface area (Å²) in [5.41, 5.74) is 0.139. The number of terminal acetylenes is 1. The Morgan fingerprint density at radius 3 is 3.00 bits per heavy atom. The molecule has 3 rings (SSSR count). The smallest absolute Gasteiger partial charge is 0.313 e. The van der Waals surface area contributed by atoms with Crippen molar-refractivity contribution in [3.05, 3.63) is 20.8 Å². The van der Waals surface area contributed by atoms with Crippen molar-refractivity contribution in [1.29, 1.82) is 0 Å². The zero-order valence-corrected chi connectivity index (χ0v) is 11.2. The van der Waals surface area contributed by atoms with E-state index in [4.69, 9.17) is 6.42 Å². The molecule has 0 N–H and O–H groups in total. The maximum Gasteiger partial charge on any atom is 0.333 e. The molecule has 2 aromatic heterocycles. The number of hydrogen-bond donors (Lipinski definition) is 0. The van der Waals surface area contributed by atoms with E-state index in [1.54, 1.807) is 11.8 Å². The average molecular weight is 276 g/mol. The Morgan fingerprint density at radius 1 is 1.47 bits per heavy atom. The van der Waals surface area contributed by atoms with Gasteiger partial charge in [0.1, 0.15) is 0 Å². The number of rotatable bonds is 1. The van der Waals surface area contributed by atoms with Gasteiger partial charge in [-0.25, -0.2) is 9.78 Å². The van der Waals surface area contributed by atoms with Gasteiger partial charge in [-0.15, -0.1) is 6.42 Å². The molecule has 1 aliphatic heterocycles. The Hall–Kier alpha value is -1.94. The molecule has 0 fully saturated rings. The summed E-state index contributed by atoms with van der Waals surface area (Å²) < 4.78 is 4.36. The fraction of sp³-hybridized carbons (Fsp3) is 0.417. The summed E-state index contributed by atoms with van der Waals surface area (Å²) in [5, 5.41) is 0.787. The van der Waals surface area contributed by atoms with E-state index in [0.717, 1.165) is 28.4 Å². The number of fused-ring (bicyclic) bond motifs is 3. The Kier molecular flexibility index (Phi) is 2.75. The molecule has 0 amide bonds. The van der Waals surface area contributed by atoms with Gasteiger partial charge in [0.2, 0.25) is 0 Å². The van der Waals surface area contributed by atoms with Gasteiger partial charge in [-0.3, -0.25) is 13.9 Å². The molecule has 0 saturated carbocycles. The van der Waals surface area contributed by atoms with Gasteiger partial charge < -0.3 is 4.57 Å². The monoisotopic (exact) mass is 276 g/mol. The van der Waals surface area contributed by atoms with Crippen LogP contribution in [0.25, 0.3) is 11.2 Å². The first-order valence-electron chi connectivity index (χ1n) is 5.91. The highest BCUT2D eigenvalue weighted by Gasteiger charge is 2.21. The van der Waals surface area contributed by atoms with Crippen molar-refractivity contribution < 1.29 is 0 Å². The Labute approximate surface area is 113 Å². The lowest BCUT2D eigenvalue weighted by molar-refractivity contribution is 0.618. The minimum absolute atomic E-state index is 0.116. The topological polar surface area (TPSA) is 61.8 Å². The lowest BCUT2D eigenvalue weighted by Crippen LogP contribution is -2.38. The van der Waals surface area contributed by atoms with Gasteiger partial charge in [-0.05, 0) is 6.42 Å². The summed E-state index contributed by atoms with van der Waals surface area (Å²) in [6.07, 6.45) is 6.28. The molecule has 0 aliphatic carbocycles. The standard InChI is InChI=1S/C12H12N4O2S/c1-3-5-16-9-8(10(17)14(2)12(16)18)15-6-4-7-19-11(15)13-9/h1H,4-7H2,2H3. The van der Waals surface area contributed by atoms with E-state index in [1.807, 2.05) is 4.57 Å². The summed E-state index contributed by atoms with van der Waals surface area (Å²) in [5.74, 6) is 3.41. The number of thioether (sulfide) groups is 1. The number of aromatic nitrogens is 4. The molecule has 0 saturated heterocycles. The van der Waals surface area contributed by atoms with Gasteiger partial charge >= 0.3 is 5.69 Å². The highest BCUT2D eigenvalue weighted by molar-refractivity contribution is 7.99. The predicted octanol–water partition coefficient (Wildman–Crippen LogP) is 0.0257. The average Bonchev–Trinajstić information content (AvgIpc) is 2.80. The van der Waals surface area contributed by atoms with E-state index in [-0.39, 0.29) is 12.1 Å². The summed E-state index contributed by atoms with van der Waals surface area (Å²) in [7, 11) is 1.47. The van der Waals surface area contributed by atoms with Gasteiger partial charge in [-0.2, -0.15) is 0 Å². The SMILES string of the molecule is C#CCn1c(=O)n(C)c(=O)c2c1nc1n2CCCS1. The van der Waals surface area contributed by atoms with Crippen LogP contribution in [0.5, 0.6) is 0 Å². The van der Waals surface area contributed by atoms with Crippen LogP contribution in [0.1, 0.15) is 6.42 Å². The van der Waals surface area contributed by atoms with E-state index in [2.05, 4.69) is 10.9 Å². The molecule has 0 spiro atoms. The maximum absolute atomic E-state index is 12.3. The van der Waals surface area contributed by atoms with Crippen LogP contribution in [0.3, 0.4) is 0 Å². The number of nitrogens with zero attached hydrogens (tertiary/aromatic N) is 4. The van der Waals surface area contributed by atoms with Crippen LogP contribution < -0.4 is 11.2 Å². The van der Waals surface area contributed by atoms with E-state index in [1.165, 1.54) is 11.6 Å². The molecular formula is C12H12N4O2S. The highest BCUT2D eigenvalue weighted by Crippen LogP contribution is 2.26. The van der Waals surface area contributed by atoms with Gasteiger partial charge in [-0.1, -0.05) is 17.7 Å². The molecule has 19 heavy (non-hydrogen) atoms. The molecule has 1 aliphatic rings. The molecular weight excluding hydrogens is 264 g/mol. The third-order valence-electron chi connectivity index (χ3n) is 3.20. The Morgan fingerprint density at radius 2 is 2.26 bits per heavy atom. The zero-order chi connectivity index (χ0) is 13.6. The summed E-state index contributed by atoms with van der Waals surface area (Å²) in [4.78, 5) is 28.8. The minimum atomic E-state index is -0.420. The van der Waals surface area contributed by atoms with Crippen molar-refractivity contribution in [2.45, 2.75) is 24.7 Å². The lowest BCUT2D eigenvalue weighted by Gasteiger charge is -2.13. The molecule has 0 unspecified atom stereocenters. The van der Waals surface area contributed by atoms with Crippen molar-refractivity contribution in [3.8, 4) is 12.3 Å². The molecule has 7 heteroatoms. The quantitative estimate of drug-likeness (QED) is 0.689. The fourth-order valence-corrected chi connectivity index (χ4v) is 3.22. The molecule has 2 aromatic rings. The number of hydrogen-bond acceptors (Lipinski definition) is 4. The second-order valence-electron chi connectivity index (χ2n) is 4.36. The minimum Gasteiger partial charge on any atom is -0.313 e. The van der Waals surface area contributed by atoms with Crippen LogP contribution in [0.2, 0.25) is 0 Å². The van der Waals surface area contributed by atoms with E-state index in [0.29, 0.717) is 11.2 Å². The maximum atomic E-state index is 12.3. The van der Waals surface area contributed by atoms with Gasteiger partial charge in [0, 0.05) is 19.3 Å². The van der Waals surface area contributed by atoms with Crippen LogP contribution in [0, 0.1) is 12.3 Å². The van der Waals surface area contributed by atoms with E-state index in [9.17, 15) is 9.59 Å². The van der Waals surface area contributed by atoms with Crippen molar-refractivity contribution in [3.63, 3.8) is 0 Å². The van der Waals surface area contributed by atoms with Gasteiger partial charge in [0.25, 0.3) is 5.56 Å². The van der Waals surface area contributed by atoms with Crippen LogP contribution in [0.15, 0.2) is 14.7 Å². The summed E-state index contributed by atoms with van der Waals surface area (Å²) in [6, 6.07) is 0. The second kappa shape index (κ2) is 4.31. The first kappa shape index (κ1) is 12.1. The summed E-state index contributed by atoms with van der Waals surface area (Å²) >= 11 is 1.60. The number of imidazole rings is 1. The Bertz CT molecular complexity index is 821. The molecule has 0 bridgehead atoms. The van der Waals surface area contributed by atoms with Gasteiger partial charge in [0.05, 0.1) is 6.54 Å². The lowest BCUT2D eigenvalue weighted by atomic mass is 10.4. The predicted molar refractivity (Wildman–Crippen MR) is 73.4 cm³/mol. The third-order valence-corrected chi connectivity index (χ3v) is 4.26. The zero-order valence-electron chi connectivity index (χ0n) is 10.4. The number of aryl methyl sites for hydroxylation is 1. The molecule has 98 valence electrons. The normalized spacial score (nSPS) is 14.3. The first-order valence-corrected chi connectivity index (χ1v) is 6.90. The molecule has 0 radical (unpaired) electrons. The molecule has 6 nitrogen and oxygen atoms in total. The summed E-state index contributed by atoms with van der Waals surface area (Å²) in [6.45, 7) is 0.868. The van der Waals surface area contributed by atoms with Crippen molar-refractivity contribution in [2.75, 3.05) is 5.75 Å². The van der Waals surface area contributed by atoms with Crippen LogP contribution in [-0.4, -0.2) is 24.4 Å². The van der Waals surface area contributed by atoms with Crippen LogP contribution in [0.4, 0.5) is 0 Å². The Balaban J connectivity index is 2.50. The van der Waals surface area contributed by atoms with Gasteiger partial charge in [0.15, 0.2) is 16.3 Å². The fourth-order valence-electron chi connectivity index (χ4n) is 2.27. The second-order valence-corrected chi connectivity index (χ2v) is 5.42.